The Kier molecular flexibility index (Phi) is 4.78. The molecule has 1 aliphatic heterocycles. The minimum atomic E-state index is 0.0907. The minimum absolute atomic E-state index is 0.0907. The third-order valence-electron chi connectivity index (χ3n) is 2.94. The number of piperidine rings is 1. The lowest BCUT2D eigenvalue weighted by molar-refractivity contribution is -0.119. The van der Waals surface area contributed by atoms with Gasteiger partial charge in [0.15, 0.2) is 0 Å². The van der Waals surface area contributed by atoms with E-state index in [1.165, 1.54) is 19.4 Å². The quantitative estimate of drug-likeness (QED) is 0.797. The molecule has 0 aliphatic carbocycles. The summed E-state index contributed by atoms with van der Waals surface area (Å²) in [7, 11) is 0. The highest BCUT2D eigenvalue weighted by molar-refractivity contribution is 5.72. The van der Waals surface area contributed by atoms with Crippen LogP contribution in [0.3, 0.4) is 0 Å². The number of amides is 1. The number of hydrogen-bond donors (Lipinski definition) is 1. The molecule has 1 atom stereocenters. The highest BCUT2D eigenvalue weighted by atomic mass is 16.1. The van der Waals surface area contributed by atoms with Crippen LogP contribution in [0.15, 0.2) is 0 Å². The second-order valence-corrected chi connectivity index (χ2v) is 6.24. The molecule has 3 nitrogen and oxygen atoms in total. The van der Waals surface area contributed by atoms with Crippen molar-refractivity contribution >= 4 is 5.91 Å². The maximum atomic E-state index is 10.9. The van der Waals surface area contributed by atoms with Crippen LogP contribution < -0.4 is 5.32 Å². The Hall–Kier alpha value is -0.570. The fraction of sp³-hybridized carbons (Fsp3) is 0.923. The van der Waals surface area contributed by atoms with Gasteiger partial charge in [-0.05, 0) is 30.7 Å². The van der Waals surface area contributed by atoms with E-state index in [-0.39, 0.29) is 5.91 Å². The van der Waals surface area contributed by atoms with Gasteiger partial charge >= 0.3 is 0 Å². The van der Waals surface area contributed by atoms with E-state index in [1.54, 1.807) is 6.92 Å². The average Bonchev–Trinajstić information content (AvgIpc) is 2.12. The van der Waals surface area contributed by atoms with E-state index in [4.69, 9.17) is 0 Å². The third kappa shape index (κ3) is 5.50. The smallest absolute Gasteiger partial charge is 0.216 e. The highest BCUT2D eigenvalue weighted by Gasteiger charge is 2.23. The van der Waals surface area contributed by atoms with Crippen LogP contribution in [-0.4, -0.2) is 37.0 Å². The lowest BCUT2D eigenvalue weighted by Crippen LogP contribution is -2.43. The summed E-state index contributed by atoms with van der Waals surface area (Å²) in [5.74, 6) is 0.730. The number of nitrogens with zero attached hydrogens (tertiary/aromatic N) is 1. The molecule has 1 amide bonds. The van der Waals surface area contributed by atoms with Crippen molar-refractivity contribution in [3.63, 3.8) is 0 Å². The summed E-state index contributed by atoms with van der Waals surface area (Å²) in [4.78, 5) is 13.4. The fourth-order valence-corrected chi connectivity index (χ4v) is 2.42. The predicted molar refractivity (Wildman–Crippen MR) is 67.3 cm³/mol. The van der Waals surface area contributed by atoms with Gasteiger partial charge < -0.3 is 10.2 Å². The third-order valence-corrected chi connectivity index (χ3v) is 2.94. The maximum Gasteiger partial charge on any atom is 0.216 e. The Labute approximate surface area is 99.6 Å². The van der Waals surface area contributed by atoms with Crippen LogP contribution in [0.2, 0.25) is 0 Å². The van der Waals surface area contributed by atoms with E-state index in [2.05, 4.69) is 31.0 Å². The number of likely N-dealkylation sites (tertiary alicyclic amines) is 1. The zero-order valence-electron chi connectivity index (χ0n) is 11.2. The van der Waals surface area contributed by atoms with Crippen molar-refractivity contribution in [2.45, 2.75) is 40.5 Å². The van der Waals surface area contributed by atoms with Gasteiger partial charge in [-0.25, -0.2) is 0 Å². The first-order chi connectivity index (χ1) is 7.37. The van der Waals surface area contributed by atoms with Crippen molar-refractivity contribution in [3.8, 4) is 0 Å². The summed E-state index contributed by atoms with van der Waals surface area (Å²) >= 11 is 0. The molecule has 1 N–H and O–H groups in total. The average molecular weight is 226 g/mol. The minimum Gasteiger partial charge on any atom is -0.356 e. The molecule has 3 heteroatoms. The molecule has 0 unspecified atom stereocenters. The summed E-state index contributed by atoms with van der Waals surface area (Å²) in [5.41, 5.74) is 0.371. The van der Waals surface area contributed by atoms with Gasteiger partial charge in [-0.15, -0.1) is 0 Å². The SMILES string of the molecule is CC(=O)NC[C@H]1CCCN(CC(C)(C)C)C1. The van der Waals surface area contributed by atoms with Crippen molar-refractivity contribution in [3.05, 3.63) is 0 Å². The molecule has 0 bridgehead atoms. The largest absolute Gasteiger partial charge is 0.356 e. The molecule has 0 saturated carbocycles. The van der Waals surface area contributed by atoms with Crippen LogP contribution in [0, 0.1) is 11.3 Å². The number of carbonyl (C=O) groups is 1. The molecule has 94 valence electrons. The Balaban J connectivity index is 2.32. The summed E-state index contributed by atoms with van der Waals surface area (Å²) in [5, 5.41) is 2.93. The molecular weight excluding hydrogens is 200 g/mol. The lowest BCUT2D eigenvalue weighted by Gasteiger charge is -2.36. The molecule has 1 saturated heterocycles. The van der Waals surface area contributed by atoms with E-state index in [1.807, 2.05) is 0 Å². The summed E-state index contributed by atoms with van der Waals surface area (Å²) in [6.45, 7) is 12.8. The van der Waals surface area contributed by atoms with E-state index in [0.717, 1.165) is 19.6 Å². The highest BCUT2D eigenvalue weighted by Crippen LogP contribution is 2.21. The Morgan fingerprint density at radius 1 is 1.44 bits per heavy atom. The van der Waals surface area contributed by atoms with E-state index in [0.29, 0.717) is 11.3 Å². The van der Waals surface area contributed by atoms with Crippen LogP contribution in [0.5, 0.6) is 0 Å². The molecular formula is C13H26N2O. The van der Waals surface area contributed by atoms with Crippen LogP contribution in [0.1, 0.15) is 40.5 Å². The van der Waals surface area contributed by atoms with Crippen LogP contribution >= 0.6 is 0 Å². The number of hydrogen-bond acceptors (Lipinski definition) is 2. The van der Waals surface area contributed by atoms with E-state index >= 15 is 0 Å². The normalized spacial score (nSPS) is 23.1. The molecule has 1 fully saturated rings. The van der Waals surface area contributed by atoms with Crippen LogP contribution in [0.25, 0.3) is 0 Å². The van der Waals surface area contributed by atoms with E-state index < -0.39 is 0 Å². The zero-order chi connectivity index (χ0) is 12.2. The second kappa shape index (κ2) is 5.67. The second-order valence-electron chi connectivity index (χ2n) is 6.24. The van der Waals surface area contributed by atoms with Crippen LogP contribution in [-0.2, 0) is 4.79 Å². The molecule has 1 rings (SSSR count). The molecule has 16 heavy (non-hydrogen) atoms. The van der Waals surface area contributed by atoms with Crippen LogP contribution in [0.4, 0.5) is 0 Å². The van der Waals surface area contributed by atoms with Crippen molar-refractivity contribution in [1.82, 2.24) is 10.2 Å². The van der Waals surface area contributed by atoms with Gasteiger partial charge in [0.25, 0.3) is 0 Å². The predicted octanol–water partition coefficient (Wildman–Crippen LogP) is 1.88. The fourth-order valence-electron chi connectivity index (χ4n) is 2.42. The van der Waals surface area contributed by atoms with Crippen molar-refractivity contribution in [2.24, 2.45) is 11.3 Å². The van der Waals surface area contributed by atoms with Gasteiger partial charge in [-0.1, -0.05) is 20.8 Å². The van der Waals surface area contributed by atoms with Gasteiger partial charge in [-0.3, -0.25) is 4.79 Å². The molecule has 1 aliphatic rings. The monoisotopic (exact) mass is 226 g/mol. The Morgan fingerprint density at radius 3 is 2.69 bits per heavy atom. The molecule has 0 aromatic heterocycles. The van der Waals surface area contributed by atoms with Gasteiger partial charge in [0.2, 0.25) is 5.91 Å². The first-order valence-electron chi connectivity index (χ1n) is 6.33. The molecule has 0 aromatic rings. The van der Waals surface area contributed by atoms with Crippen molar-refractivity contribution in [1.29, 1.82) is 0 Å². The van der Waals surface area contributed by atoms with Crippen molar-refractivity contribution < 1.29 is 4.79 Å². The molecule has 0 spiro atoms. The Bertz CT molecular complexity index is 233. The summed E-state index contributed by atoms with van der Waals surface area (Å²) in [6, 6.07) is 0. The molecule has 1 heterocycles. The maximum absolute atomic E-state index is 10.9. The standard InChI is InChI=1S/C13H26N2O/c1-11(16)14-8-12-6-5-7-15(9-12)10-13(2,3)4/h12H,5-10H2,1-4H3,(H,14,16)/t12-/m1/s1. The van der Waals surface area contributed by atoms with Gasteiger partial charge in [-0.2, -0.15) is 0 Å². The first kappa shape index (κ1) is 13.5. The van der Waals surface area contributed by atoms with Gasteiger partial charge in [0.1, 0.15) is 0 Å². The lowest BCUT2D eigenvalue weighted by atomic mass is 9.92. The topological polar surface area (TPSA) is 32.3 Å². The summed E-state index contributed by atoms with van der Waals surface area (Å²) in [6.07, 6.45) is 2.52. The first-order valence-corrected chi connectivity index (χ1v) is 6.33. The zero-order valence-corrected chi connectivity index (χ0v) is 11.2. The molecule has 0 aromatic carbocycles. The Morgan fingerprint density at radius 2 is 2.12 bits per heavy atom. The van der Waals surface area contributed by atoms with Gasteiger partial charge in [0.05, 0.1) is 0 Å². The molecule has 0 radical (unpaired) electrons. The van der Waals surface area contributed by atoms with E-state index in [9.17, 15) is 4.79 Å². The number of rotatable bonds is 3. The summed E-state index contributed by atoms with van der Waals surface area (Å²) < 4.78 is 0. The number of carbonyl (C=O) groups excluding carboxylic acids is 1. The van der Waals surface area contributed by atoms with Gasteiger partial charge in [0, 0.05) is 26.6 Å². The number of nitrogens with one attached hydrogen (secondary N) is 1. The van der Waals surface area contributed by atoms with Crippen molar-refractivity contribution in [2.75, 3.05) is 26.2 Å².